The van der Waals surface area contributed by atoms with Crippen molar-refractivity contribution in [1.29, 1.82) is 0 Å². The van der Waals surface area contributed by atoms with Crippen molar-refractivity contribution in [3.8, 4) is 0 Å². The van der Waals surface area contributed by atoms with Gasteiger partial charge in [-0.25, -0.2) is 9.97 Å². The summed E-state index contributed by atoms with van der Waals surface area (Å²) in [5.74, 6) is 0.219. The number of hydrogen-bond acceptors (Lipinski definition) is 7. The van der Waals surface area contributed by atoms with Gasteiger partial charge < -0.3 is 24.6 Å². The number of anilines is 1. The predicted molar refractivity (Wildman–Crippen MR) is 93.6 cm³/mol. The van der Waals surface area contributed by atoms with Crippen LogP contribution in [0.15, 0.2) is 12.4 Å². The second kappa shape index (κ2) is 8.07. The third-order valence-corrected chi connectivity index (χ3v) is 4.60. The lowest BCUT2D eigenvalue weighted by Crippen LogP contribution is -2.45. The number of piperidine rings is 1. The summed E-state index contributed by atoms with van der Waals surface area (Å²) in [6.07, 6.45) is 5.77. The summed E-state index contributed by atoms with van der Waals surface area (Å²) in [7, 11) is 4.03. The number of ether oxygens (including phenoxy) is 2. The van der Waals surface area contributed by atoms with E-state index in [9.17, 15) is 4.79 Å². The number of hydrogen-bond donors (Lipinski definition) is 1. The van der Waals surface area contributed by atoms with Crippen molar-refractivity contribution in [3.05, 3.63) is 18.1 Å². The molecule has 25 heavy (non-hydrogen) atoms. The van der Waals surface area contributed by atoms with Gasteiger partial charge in [0.2, 0.25) is 0 Å². The summed E-state index contributed by atoms with van der Waals surface area (Å²) in [5, 5.41) is 2.87. The van der Waals surface area contributed by atoms with E-state index in [4.69, 9.17) is 9.47 Å². The normalized spacial score (nSPS) is 19.6. The predicted octanol–water partition coefficient (Wildman–Crippen LogP) is 0.501. The highest BCUT2D eigenvalue weighted by Crippen LogP contribution is 2.32. The average Bonchev–Trinajstić information content (AvgIpc) is 3.07. The van der Waals surface area contributed by atoms with Crippen LogP contribution in [0.25, 0.3) is 0 Å². The number of carbonyl (C=O) groups is 1. The van der Waals surface area contributed by atoms with E-state index in [1.54, 1.807) is 12.4 Å². The first-order valence-electron chi connectivity index (χ1n) is 8.86. The molecule has 1 N–H and O–H groups in total. The van der Waals surface area contributed by atoms with Gasteiger partial charge in [-0.15, -0.1) is 0 Å². The number of amides is 1. The molecule has 8 heteroatoms. The quantitative estimate of drug-likeness (QED) is 0.749. The molecule has 0 bridgehead atoms. The van der Waals surface area contributed by atoms with Crippen LogP contribution < -0.4 is 10.2 Å². The standard InChI is InChI=1S/C17H27N5O3/c1-21(2)7-3-6-18-16(23)14-12-20-15(13-19-14)22-8-4-17(5-9-22)24-10-11-25-17/h12-13H,3-11H2,1-2H3,(H,18,23). The highest BCUT2D eigenvalue weighted by Gasteiger charge is 2.40. The fourth-order valence-corrected chi connectivity index (χ4v) is 3.15. The fourth-order valence-electron chi connectivity index (χ4n) is 3.15. The molecule has 1 aromatic rings. The molecule has 2 aliphatic rings. The van der Waals surface area contributed by atoms with Gasteiger partial charge in [0.05, 0.1) is 25.6 Å². The molecule has 1 aromatic heterocycles. The first-order chi connectivity index (χ1) is 12.1. The molecule has 0 aromatic carbocycles. The first-order valence-corrected chi connectivity index (χ1v) is 8.86. The molecule has 0 radical (unpaired) electrons. The van der Waals surface area contributed by atoms with Crippen molar-refractivity contribution >= 4 is 11.7 Å². The summed E-state index contributed by atoms with van der Waals surface area (Å²) in [6, 6.07) is 0. The second-order valence-electron chi connectivity index (χ2n) is 6.77. The van der Waals surface area contributed by atoms with Crippen molar-refractivity contribution in [3.63, 3.8) is 0 Å². The molecule has 3 rings (SSSR count). The Labute approximate surface area is 148 Å². The molecule has 0 aliphatic carbocycles. The van der Waals surface area contributed by atoms with Crippen LogP contribution >= 0.6 is 0 Å². The minimum absolute atomic E-state index is 0.178. The summed E-state index contributed by atoms with van der Waals surface area (Å²) < 4.78 is 11.5. The minimum Gasteiger partial charge on any atom is -0.355 e. The van der Waals surface area contributed by atoms with E-state index in [0.717, 1.165) is 44.7 Å². The highest BCUT2D eigenvalue weighted by molar-refractivity contribution is 5.91. The summed E-state index contributed by atoms with van der Waals surface area (Å²) >= 11 is 0. The Morgan fingerprint density at radius 1 is 1.24 bits per heavy atom. The van der Waals surface area contributed by atoms with E-state index >= 15 is 0 Å². The van der Waals surface area contributed by atoms with E-state index in [2.05, 4.69) is 25.1 Å². The van der Waals surface area contributed by atoms with Crippen LogP contribution in [-0.2, 0) is 9.47 Å². The maximum Gasteiger partial charge on any atom is 0.271 e. The Bertz CT molecular complexity index is 562. The van der Waals surface area contributed by atoms with Gasteiger partial charge in [-0.1, -0.05) is 0 Å². The van der Waals surface area contributed by atoms with Gasteiger partial charge >= 0.3 is 0 Å². The molecule has 3 heterocycles. The molecule has 2 saturated heterocycles. The van der Waals surface area contributed by atoms with Crippen LogP contribution in [0.3, 0.4) is 0 Å². The molecule has 1 spiro atoms. The molecular weight excluding hydrogens is 322 g/mol. The van der Waals surface area contributed by atoms with E-state index in [1.165, 1.54) is 0 Å². The van der Waals surface area contributed by atoms with E-state index in [1.807, 2.05) is 14.1 Å². The zero-order chi connectivity index (χ0) is 17.7. The van der Waals surface area contributed by atoms with Gasteiger partial charge in [0, 0.05) is 32.5 Å². The molecule has 0 saturated carbocycles. The Balaban J connectivity index is 1.48. The fraction of sp³-hybridized carbons (Fsp3) is 0.706. The molecule has 8 nitrogen and oxygen atoms in total. The number of rotatable bonds is 6. The zero-order valence-electron chi connectivity index (χ0n) is 15.0. The van der Waals surface area contributed by atoms with Crippen LogP contribution in [0.1, 0.15) is 29.8 Å². The molecule has 2 fully saturated rings. The van der Waals surface area contributed by atoms with Gasteiger partial charge in [0.25, 0.3) is 5.91 Å². The van der Waals surface area contributed by atoms with Gasteiger partial charge in [0.1, 0.15) is 11.5 Å². The molecule has 0 atom stereocenters. The van der Waals surface area contributed by atoms with Gasteiger partial charge in [0.15, 0.2) is 5.79 Å². The van der Waals surface area contributed by atoms with Crippen LogP contribution in [0.4, 0.5) is 5.82 Å². The first kappa shape index (κ1) is 18.0. The van der Waals surface area contributed by atoms with Crippen molar-refractivity contribution in [2.45, 2.75) is 25.0 Å². The lowest BCUT2D eigenvalue weighted by Gasteiger charge is -2.37. The van der Waals surface area contributed by atoms with Gasteiger partial charge in [-0.2, -0.15) is 0 Å². The van der Waals surface area contributed by atoms with E-state index < -0.39 is 5.79 Å². The lowest BCUT2D eigenvalue weighted by molar-refractivity contribution is -0.169. The number of nitrogens with one attached hydrogen (secondary N) is 1. The largest absolute Gasteiger partial charge is 0.355 e. The summed E-state index contributed by atoms with van der Waals surface area (Å²) in [4.78, 5) is 25.0. The van der Waals surface area contributed by atoms with E-state index in [-0.39, 0.29) is 5.91 Å². The van der Waals surface area contributed by atoms with Crippen LogP contribution in [0.5, 0.6) is 0 Å². The smallest absolute Gasteiger partial charge is 0.271 e. The Kier molecular flexibility index (Phi) is 5.82. The van der Waals surface area contributed by atoms with E-state index in [0.29, 0.717) is 25.5 Å². The van der Waals surface area contributed by atoms with Gasteiger partial charge in [-0.3, -0.25) is 4.79 Å². The Hall–Kier alpha value is -1.77. The third-order valence-electron chi connectivity index (χ3n) is 4.60. The van der Waals surface area contributed by atoms with Crippen molar-refractivity contribution in [2.75, 3.05) is 58.4 Å². The molecule has 138 valence electrons. The second-order valence-corrected chi connectivity index (χ2v) is 6.77. The molecular formula is C17H27N5O3. The van der Waals surface area contributed by atoms with Crippen molar-refractivity contribution < 1.29 is 14.3 Å². The van der Waals surface area contributed by atoms with Crippen molar-refractivity contribution in [1.82, 2.24) is 20.2 Å². The zero-order valence-corrected chi connectivity index (χ0v) is 15.0. The Morgan fingerprint density at radius 2 is 1.96 bits per heavy atom. The monoisotopic (exact) mass is 349 g/mol. The lowest BCUT2D eigenvalue weighted by atomic mass is 10.0. The minimum atomic E-state index is -0.393. The average molecular weight is 349 g/mol. The van der Waals surface area contributed by atoms with Gasteiger partial charge in [-0.05, 0) is 27.1 Å². The van der Waals surface area contributed by atoms with Crippen LogP contribution in [0.2, 0.25) is 0 Å². The van der Waals surface area contributed by atoms with Crippen LogP contribution in [0, 0.1) is 0 Å². The number of carbonyl (C=O) groups excluding carboxylic acids is 1. The molecule has 1 amide bonds. The Morgan fingerprint density at radius 3 is 2.56 bits per heavy atom. The molecule has 0 unspecified atom stereocenters. The third kappa shape index (κ3) is 4.65. The molecule has 2 aliphatic heterocycles. The SMILES string of the molecule is CN(C)CCCNC(=O)c1cnc(N2CCC3(CC2)OCCO3)cn1. The summed E-state index contributed by atoms with van der Waals surface area (Å²) in [5.41, 5.74) is 0.351. The number of nitrogens with zero attached hydrogens (tertiary/aromatic N) is 4. The summed E-state index contributed by atoms with van der Waals surface area (Å²) in [6.45, 7) is 4.55. The van der Waals surface area contributed by atoms with Crippen LogP contribution in [-0.4, -0.2) is 80.1 Å². The van der Waals surface area contributed by atoms with Crippen molar-refractivity contribution in [2.24, 2.45) is 0 Å². The highest BCUT2D eigenvalue weighted by atomic mass is 16.7. The topological polar surface area (TPSA) is 79.8 Å². The maximum atomic E-state index is 12.1. The number of aromatic nitrogens is 2. The maximum absolute atomic E-state index is 12.1.